The third kappa shape index (κ3) is 3.63. The van der Waals surface area contributed by atoms with E-state index in [1.54, 1.807) is 16.2 Å². The molecule has 2 nitrogen and oxygen atoms in total. The molecule has 3 rings (SSSR count). The number of fused-ring (bicyclic) bond motifs is 1. The molecule has 2 aromatic carbocycles. The Morgan fingerprint density at radius 2 is 1.67 bits per heavy atom. The minimum Gasteiger partial charge on any atom is -0.348 e. The van der Waals surface area contributed by atoms with E-state index in [4.69, 9.17) is 0 Å². The fraction of sp³-hybridized carbons (Fsp3) is 0.250. The van der Waals surface area contributed by atoms with Crippen molar-refractivity contribution in [3.63, 3.8) is 0 Å². The monoisotopic (exact) mass is 359 g/mol. The number of halogens is 1. The molecule has 0 spiro atoms. The maximum atomic E-state index is 12.7. The summed E-state index contributed by atoms with van der Waals surface area (Å²) in [4.78, 5) is 15.7. The van der Waals surface area contributed by atoms with Gasteiger partial charge in [0.15, 0.2) is 0 Å². The lowest BCUT2D eigenvalue weighted by Gasteiger charge is -2.21. The molecule has 1 heterocycles. The topological polar surface area (TPSA) is 20.3 Å². The number of carbonyl (C=O) groups is 1. The average molecular weight is 360 g/mol. The summed E-state index contributed by atoms with van der Waals surface area (Å²) < 4.78 is 1.30. The first-order valence-corrected chi connectivity index (χ1v) is 8.62. The summed E-state index contributed by atoms with van der Waals surface area (Å²) in [6.45, 7) is 2.16. The van der Waals surface area contributed by atoms with Gasteiger partial charge in [0.2, 0.25) is 5.91 Å². The number of aryl methyl sites for hydroxylation is 1. The van der Waals surface area contributed by atoms with E-state index in [2.05, 4.69) is 43.3 Å². The maximum Gasteiger partial charge on any atom is 0.229 e. The summed E-state index contributed by atoms with van der Waals surface area (Å²) in [6.07, 6.45) is 0.756. The van der Waals surface area contributed by atoms with Crippen LogP contribution >= 0.6 is 23.7 Å². The second-order valence-electron chi connectivity index (χ2n) is 6.05. The minimum atomic E-state index is -0.127. The van der Waals surface area contributed by atoms with Gasteiger partial charge in [-0.3, -0.25) is 4.79 Å². The number of hydrogen-bond donors (Lipinski definition) is 0. The quantitative estimate of drug-likeness (QED) is 0.638. The van der Waals surface area contributed by atoms with Gasteiger partial charge in [0.1, 0.15) is 0 Å². The molecule has 0 aliphatic rings. The van der Waals surface area contributed by atoms with E-state index in [0.717, 1.165) is 12.0 Å². The summed E-state index contributed by atoms with van der Waals surface area (Å²) in [7, 11) is 3.66. The zero-order valence-corrected chi connectivity index (χ0v) is 15.8. The smallest absolute Gasteiger partial charge is 0.229 e. The van der Waals surface area contributed by atoms with Crippen LogP contribution in [0.4, 0.5) is 0 Å². The molecule has 0 aliphatic carbocycles. The van der Waals surface area contributed by atoms with Crippen LogP contribution < -0.4 is 0 Å². The molecule has 1 aromatic heterocycles. The van der Waals surface area contributed by atoms with E-state index in [-0.39, 0.29) is 24.2 Å². The molecule has 3 aromatic rings. The lowest BCUT2D eigenvalue weighted by atomic mass is 9.92. The van der Waals surface area contributed by atoms with Crippen LogP contribution in [0.5, 0.6) is 0 Å². The fourth-order valence-corrected chi connectivity index (χ4v) is 4.21. The van der Waals surface area contributed by atoms with Crippen LogP contribution in [0.2, 0.25) is 0 Å². The van der Waals surface area contributed by atoms with Crippen LogP contribution in [-0.2, 0) is 11.2 Å². The SMILES string of the molecule is Cc1c(CC(C(=O)N(C)C)c2ccccc2)sc2ccccc12.Cl. The maximum absolute atomic E-state index is 12.7. The Balaban J connectivity index is 0.00000208. The van der Waals surface area contributed by atoms with Crippen molar-refractivity contribution in [3.05, 3.63) is 70.6 Å². The Hall–Kier alpha value is -1.84. The van der Waals surface area contributed by atoms with Gasteiger partial charge in [-0.15, -0.1) is 23.7 Å². The van der Waals surface area contributed by atoms with Gasteiger partial charge in [0.25, 0.3) is 0 Å². The van der Waals surface area contributed by atoms with Crippen LogP contribution in [-0.4, -0.2) is 24.9 Å². The molecule has 0 bridgehead atoms. The van der Waals surface area contributed by atoms with Gasteiger partial charge in [0.05, 0.1) is 5.92 Å². The minimum absolute atomic E-state index is 0. The Labute approximate surface area is 153 Å². The molecule has 0 saturated heterocycles. The summed E-state index contributed by atoms with van der Waals surface area (Å²) in [6, 6.07) is 18.6. The van der Waals surface area contributed by atoms with Crippen molar-refractivity contribution in [1.29, 1.82) is 0 Å². The van der Waals surface area contributed by atoms with Crippen molar-refractivity contribution in [2.45, 2.75) is 19.3 Å². The lowest BCUT2D eigenvalue weighted by molar-refractivity contribution is -0.130. The van der Waals surface area contributed by atoms with Gasteiger partial charge in [-0.2, -0.15) is 0 Å². The predicted molar refractivity (Wildman–Crippen MR) is 105 cm³/mol. The molecule has 1 unspecified atom stereocenters. The van der Waals surface area contributed by atoms with Gasteiger partial charge in [-0.1, -0.05) is 48.5 Å². The molecule has 0 N–H and O–H groups in total. The highest BCUT2D eigenvalue weighted by Gasteiger charge is 2.24. The average Bonchev–Trinajstić information content (AvgIpc) is 2.89. The highest BCUT2D eigenvalue weighted by molar-refractivity contribution is 7.19. The largest absolute Gasteiger partial charge is 0.348 e. The number of nitrogens with zero attached hydrogens (tertiary/aromatic N) is 1. The molecule has 126 valence electrons. The first-order chi connectivity index (χ1) is 11.1. The molecule has 0 saturated carbocycles. The highest BCUT2D eigenvalue weighted by atomic mass is 35.5. The lowest BCUT2D eigenvalue weighted by Crippen LogP contribution is -2.29. The van der Waals surface area contributed by atoms with E-state index < -0.39 is 0 Å². The Kier molecular flexibility index (Phi) is 6.03. The number of amides is 1. The third-order valence-corrected chi connectivity index (χ3v) is 5.57. The van der Waals surface area contributed by atoms with Crippen LogP contribution in [0, 0.1) is 6.92 Å². The van der Waals surface area contributed by atoms with E-state index in [1.807, 2.05) is 32.3 Å². The van der Waals surface area contributed by atoms with E-state index in [0.29, 0.717) is 0 Å². The normalized spacial score (nSPS) is 11.8. The number of carbonyl (C=O) groups excluding carboxylic acids is 1. The zero-order chi connectivity index (χ0) is 16.4. The molecule has 0 radical (unpaired) electrons. The first-order valence-electron chi connectivity index (χ1n) is 7.81. The van der Waals surface area contributed by atoms with E-state index in [9.17, 15) is 4.79 Å². The number of benzene rings is 2. The zero-order valence-electron chi connectivity index (χ0n) is 14.2. The van der Waals surface area contributed by atoms with E-state index in [1.165, 1.54) is 20.5 Å². The standard InChI is InChI=1S/C20H21NOS.ClH/c1-14-16-11-7-8-12-18(16)23-19(14)13-17(20(22)21(2)3)15-9-5-4-6-10-15;/h4-12,17H,13H2,1-3H3;1H. The van der Waals surface area contributed by atoms with Gasteiger partial charge in [-0.05, 0) is 35.9 Å². The van der Waals surface area contributed by atoms with Gasteiger partial charge in [-0.25, -0.2) is 0 Å². The van der Waals surface area contributed by atoms with Crippen molar-refractivity contribution in [2.24, 2.45) is 0 Å². The second-order valence-corrected chi connectivity index (χ2v) is 7.18. The molecule has 4 heteroatoms. The first kappa shape index (κ1) is 18.5. The van der Waals surface area contributed by atoms with Gasteiger partial charge >= 0.3 is 0 Å². The Morgan fingerprint density at radius 1 is 1.04 bits per heavy atom. The summed E-state index contributed by atoms with van der Waals surface area (Å²) in [5.74, 6) is 0.0334. The number of thiophene rings is 1. The van der Waals surface area contributed by atoms with Crippen LogP contribution in [0.25, 0.3) is 10.1 Å². The third-order valence-electron chi connectivity index (χ3n) is 4.27. The summed E-state index contributed by atoms with van der Waals surface area (Å²) >= 11 is 1.81. The molecular formula is C20H22ClNOS. The number of hydrogen-bond acceptors (Lipinski definition) is 2. The highest BCUT2D eigenvalue weighted by Crippen LogP contribution is 2.34. The van der Waals surface area contributed by atoms with Crippen molar-refractivity contribution in [2.75, 3.05) is 14.1 Å². The summed E-state index contributed by atoms with van der Waals surface area (Å²) in [5, 5.41) is 1.30. The second kappa shape index (κ2) is 7.82. The molecular weight excluding hydrogens is 338 g/mol. The number of likely N-dealkylation sites (N-methyl/N-ethyl adjacent to an activating group) is 1. The van der Waals surface area contributed by atoms with Crippen molar-refractivity contribution in [3.8, 4) is 0 Å². The Bertz CT molecular complexity index is 826. The molecule has 0 fully saturated rings. The fourth-order valence-electron chi connectivity index (χ4n) is 2.95. The van der Waals surface area contributed by atoms with Crippen molar-refractivity contribution in [1.82, 2.24) is 4.90 Å². The number of rotatable bonds is 4. The van der Waals surface area contributed by atoms with Crippen molar-refractivity contribution >= 4 is 39.7 Å². The molecule has 24 heavy (non-hydrogen) atoms. The van der Waals surface area contributed by atoms with Crippen molar-refractivity contribution < 1.29 is 4.79 Å². The molecule has 0 aliphatic heterocycles. The molecule has 1 amide bonds. The van der Waals surface area contributed by atoms with Gasteiger partial charge in [0, 0.05) is 23.7 Å². The predicted octanol–water partition coefficient (Wildman–Crippen LogP) is 5.05. The van der Waals surface area contributed by atoms with Crippen LogP contribution in [0.1, 0.15) is 21.9 Å². The molecule has 1 atom stereocenters. The van der Waals surface area contributed by atoms with Gasteiger partial charge < -0.3 is 4.90 Å². The summed E-state index contributed by atoms with van der Waals surface area (Å²) in [5.41, 5.74) is 2.39. The van der Waals surface area contributed by atoms with E-state index >= 15 is 0 Å². The Morgan fingerprint density at radius 3 is 2.29 bits per heavy atom. The van der Waals surface area contributed by atoms with Crippen LogP contribution in [0.15, 0.2) is 54.6 Å². The van der Waals surface area contributed by atoms with Crippen LogP contribution in [0.3, 0.4) is 0 Å².